The Morgan fingerprint density at radius 1 is 1.14 bits per heavy atom. The number of hydrogen-bond donors (Lipinski definition) is 1. The van der Waals surface area contributed by atoms with E-state index in [1.54, 1.807) is 17.6 Å². The van der Waals surface area contributed by atoms with Crippen LogP contribution >= 0.6 is 22.9 Å². The van der Waals surface area contributed by atoms with Crippen LogP contribution in [-0.4, -0.2) is 24.5 Å². The molecule has 0 unspecified atom stereocenters. The maximum atomic E-state index is 12.5. The minimum absolute atomic E-state index is 0.0718. The molecule has 3 heterocycles. The van der Waals surface area contributed by atoms with Gasteiger partial charge in [0.15, 0.2) is 11.2 Å². The zero-order chi connectivity index (χ0) is 15.3. The maximum Gasteiger partial charge on any atom is 0.334 e. The lowest BCUT2D eigenvalue weighted by atomic mass is 10.3. The molecular formula is C13H6ClN5O2S. The molecule has 22 heavy (non-hydrogen) atoms. The molecule has 4 aromatic rings. The van der Waals surface area contributed by atoms with E-state index in [1.165, 1.54) is 23.7 Å². The quantitative estimate of drug-likeness (QED) is 0.573. The van der Waals surface area contributed by atoms with E-state index in [0.717, 1.165) is 4.57 Å². The molecule has 0 amide bonds. The first kappa shape index (κ1) is 13.1. The summed E-state index contributed by atoms with van der Waals surface area (Å²) in [6.07, 6.45) is 2.79. The molecule has 0 aliphatic carbocycles. The molecule has 0 bridgehead atoms. The summed E-state index contributed by atoms with van der Waals surface area (Å²) in [4.78, 5) is 39.4. The minimum Gasteiger partial charge on any atom is -0.290 e. The highest BCUT2D eigenvalue weighted by atomic mass is 35.5. The van der Waals surface area contributed by atoms with Crippen molar-refractivity contribution in [1.82, 2.24) is 24.5 Å². The van der Waals surface area contributed by atoms with E-state index < -0.39 is 11.2 Å². The zero-order valence-corrected chi connectivity index (χ0v) is 12.4. The van der Waals surface area contributed by atoms with Gasteiger partial charge >= 0.3 is 5.69 Å². The Bertz CT molecular complexity index is 1150. The van der Waals surface area contributed by atoms with Crippen molar-refractivity contribution in [2.24, 2.45) is 0 Å². The molecule has 0 saturated heterocycles. The normalized spacial score (nSPS) is 11.3. The van der Waals surface area contributed by atoms with Gasteiger partial charge in [0.1, 0.15) is 0 Å². The lowest BCUT2D eigenvalue weighted by Crippen LogP contribution is -2.34. The highest BCUT2D eigenvalue weighted by Crippen LogP contribution is 2.31. The second kappa shape index (κ2) is 4.72. The molecular weight excluding hydrogens is 326 g/mol. The van der Waals surface area contributed by atoms with Crippen molar-refractivity contribution in [3.05, 3.63) is 55.9 Å². The van der Waals surface area contributed by atoms with Crippen molar-refractivity contribution in [3.8, 4) is 5.69 Å². The average molecular weight is 332 g/mol. The number of H-pyrrole nitrogens is 1. The lowest BCUT2D eigenvalue weighted by molar-refractivity contribution is 0.890. The third kappa shape index (κ3) is 1.78. The van der Waals surface area contributed by atoms with E-state index in [2.05, 4.69) is 19.9 Å². The van der Waals surface area contributed by atoms with Crippen molar-refractivity contribution in [1.29, 1.82) is 0 Å². The van der Waals surface area contributed by atoms with Gasteiger partial charge in [-0.2, -0.15) is 0 Å². The van der Waals surface area contributed by atoms with Crippen molar-refractivity contribution in [2.75, 3.05) is 0 Å². The fourth-order valence-corrected chi connectivity index (χ4v) is 3.32. The van der Waals surface area contributed by atoms with Crippen LogP contribution in [0.1, 0.15) is 0 Å². The van der Waals surface area contributed by atoms with Crippen molar-refractivity contribution >= 4 is 44.3 Å². The van der Waals surface area contributed by atoms with Crippen LogP contribution in [0.15, 0.2) is 39.6 Å². The van der Waals surface area contributed by atoms with Gasteiger partial charge in [-0.3, -0.25) is 9.78 Å². The summed E-state index contributed by atoms with van der Waals surface area (Å²) < 4.78 is 1.67. The van der Waals surface area contributed by atoms with Crippen molar-refractivity contribution < 1.29 is 0 Å². The van der Waals surface area contributed by atoms with Gasteiger partial charge in [0, 0.05) is 12.4 Å². The number of rotatable bonds is 1. The topological polar surface area (TPSA) is 93.5 Å². The van der Waals surface area contributed by atoms with Crippen LogP contribution in [0.3, 0.4) is 0 Å². The Morgan fingerprint density at radius 3 is 2.82 bits per heavy atom. The van der Waals surface area contributed by atoms with Crippen LogP contribution in [0.4, 0.5) is 0 Å². The van der Waals surface area contributed by atoms with Crippen LogP contribution < -0.4 is 11.2 Å². The number of fused-ring (bicyclic) bond motifs is 2. The van der Waals surface area contributed by atoms with Crippen LogP contribution in [0.2, 0.25) is 5.02 Å². The molecule has 4 rings (SSSR count). The molecule has 108 valence electrons. The number of halogens is 1. The van der Waals surface area contributed by atoms with Gasteiger partial charge in [-0.25, -0.2) is 24.3 Å². The Kier molecular flexibility index (Phi) is 2.81. The van der Waals surface area contributed by atoms with Gasteiger partial charge in [0.25, 0.3) is 5.56 Å². The fourth-order valence-electron chi connectivity index (χ4n) is 2.22. The second-order valence-electron chi connectivity index (χ2n) is 4.42. The lowest BCUT2D eigenvalue weighted by Gasteiger charge is -2.07. The second-order valence-corrected chi connectivity index (χ2v) is 5.66. The van der Waals surface area contributed by atoms with Gasteiger partial charge in [0.05, 0.1) is 26.4 Å². The number of aromatic nitrogens is 5. The third-order valence-electron chi connectivity index (χ3n) is 3.19. The Morgan fingerprint density at radius 2 is 1.95 bits per heavy atom. The van der Waals surface area contributed by atoms with E-state index in [4.69, 9.17) is 11.6 Å². The largest absolute Gasteiger partial charge is 0.334 e. The van der Waals surface area contributed by atoms with E-state index in [1.807, 2.05) is 0 Å². The van der Waals surface area contributed by atoms with Gasteiger partial charge in [-0.1, -0.05) is 11.6 Å². The molecule has 0 aliphatic heterocycles. The third-order valence-corrected chi connectivity index (χ3v) is 4.55. The Hall–Kier alpha value is -2.58. The molecule has 0 aliphatic rings. The number of thiazole rings is 1. The Balaban J connectivity index is 2.14. The molecule has 3 aromatic heterocycles. The SMILES string of the molecule is O=c1[nH]c2nccnc2c(=O)n1-c1ccc2ncsc2c1Cl. The summed E-state index contributed by atoms with van der Waals surface area (Å²) >= 11 is 7.67. The van der Waals surface area contributed by atoms with E-state index in [-0.39, 0.29) is 16.9 Å². The predicted octanol–water partition coefficient (Wildman–Crippen LogP) is 1.73. The molecule has 1 N–H and O–H groups in total. The number of aromatic amines is 1. The highest BCUT2D eigenvalue weighted by Gasteiger charge is 2.16. The summed E-state index contributed by atoms with van der Waals surface area (Å²) in [6.45, 7) is 0. The molecule has 9 heteroatoms. The van der Waals surface area contributed by atoms with Gasteiger partial charge in [-0.05, 0) is 12.1 Å². The number of hydrogen-bond acceptors (Lipinski definition) is 6. The van der Waals surface area contributed by atoms with Crippen LogP contribution in [0.25, 0.3) is 27.1 Å². The van der Waals surface area contributed by atoms with Crippen molar-refractivity contribution in [3.63, 3.8) is 0 Å². The molecule has 0 fully saturated rings. The molecule has 0 atom stereocenters. The smallest absolute Gasteiger partial charge is 0.290 e. The maximum absolute atomic E-state index is 12.5. The van der Waals surface area contributed by atoms with Gasteiger partial charge in [0.2, 0.25) is 0 Å². The van der Waals surface area contributed by atoms with Crippen LogP contribution in [-0.2, 0) is 0 Å². The average Bonchev–Trinajstić information content (AvgIpc) is 2.99. The molecule has 0 spiro atoms. The number of benzene rings is 1. The molecule has 1 aromatic carbocycles. The van der Waals surface area contributed by atoms with Crippen LogP contribution in [0.5, 0.6) is 0 Å². The monoisotopic (exact) mass is 331 g/mol. The zero-order valence-electron chi connectivity index (χ0n) is 10.8. The van der Waals surface area contributed by atoms with Crippen LogP contribution in [0, 0.1) is 0 Å². The predicted molar refractivity (Wildman–Crippen MR) is 83.9 cm³/mol. The summed E-state index contributed by atoms with van der Waals surface area (Å²) in [5.74, 6) is 0. The molecule has 7 nitrogen and oxygen atoms in total. The van der Waals surface area contributed by atoms with Gasteiger partial charge < -0.3 is 0 Å². The first-order valence-electron chi connectivity index (χ1n) is 6.15. The number of nitrogens with one attached hydrogen (secondary N) is 1. The summed E-state index contributed by atoms with van der Waals surface area (Å²) in [6, 6.07) is 3.29. The van der Waals surface area contributed by atoms with E-state index >= 15 is 0 Å². The van der Waals surface area contributed by atoms with E-state index in [9.17, 15) is 9.59 Å². The first-order valence-corrected chi connectivity index (χ1v) is 7.40. The van der Waals surface area contributed by atoms with E-state index in [0.29, 0.717) is 15.2 Å². The summed E-state index contributed by atoms with van der Waals surface area (Å²) in [5.41, 5.74) is 1.67. The minimum atomic E-state index is -0.622. The molecule has 0 saturated carbocycles. The van der Waals surface area contributed by atoms with Gasteiger partial charge in [-0.15, -0.1) is 11.3 Å². The highest BCUT2D eigenvalue weighted by molar-refractivity contribution is 7.17. The van der Waals surface area contributed by atoms with Crippen molar-refractivity contribution in [2.45, 2.75) is 0 Å². The standard InChI is InChI=1S/C13H6ClN5O2S/c14-8-7(2-1-6-10(8)22-5-17-6)19-12(20)9-11(18-13(19)21)16-4-3-15-9/h1-5H,(H,16,18,21). The summed E-state index contributed by atoms with van der Waals surface area (Å²) in [5, 5.41) is 0.302. The number of nitrogens with zero attached hydrogens (tertiary/aromatic N) is 4. The fraction of sp³-hybridized carbons (Fsp3) is 0. The Labute approximate surface area is 130 Å². The first-order chi connectivity index (χ1) is 10.7. The molecule has 0 radical (unpaired) electrons. The summed E-state index contributed by atoms with van der Waals surface area (Å²) in [7, 11) is 0.